The van der Waals surface area contributed by atoms with Crippen LogP contribution in [0, 0.1) is 0 Å². The van der Waals surface area contributed by atoms with Crippen LogP contribution in [-0.4, -0.2) is 22.2 Å². The van der Waals surface area contributed by atoms with Crippen LogP contribution >= 0.6 is 0 Å². The molecule has 1 aromatic heterocycles. The fourth-order valence-corrected chi connectivity index (χ4v) is 1.66. The number of nitrogens with zero attached hydrogens (tertiary/aromatic N) is 1. The SMILES string of the molecule is CCC(C)(OC)c1nc2ccc(O)cc2[nH]1. The number of hydrogen-bond donors (Lipinski definition) is 2. The lowest BCUT2D eigenvalue weighted by Crippen LogP contribution is -2.24. The molecule has 1 heterocycles. The van der Waals surface area contributed by atoms with E-state index < -0.39 is 5.60 Å². The van der Waals surface area contributed by atoms with Crippen LogP contribution in [0.1, 0.15) is 26.1 Å². The van der Waals surface area contributed by atoms with E-state index in [0.29, 0.717) is 0 Å². The van der Waals surface area contributed by atoms with Crippen LogP contribution in [0.25, 0.3) is 11.0 Å². The third kappa shape index (κ3) is 1.65. The van der Waals surface area contributed by atoms with Crippen molar-refractivity contribution in [2.24, 2.45) is 0 Å². The first-order chi connectivity index (χ1) is 7.59. The predicted molar refractivity (Wildman–Crippen MR) is 62.4 cm³/mol. The van der Waals surface area contributed by atoms with Crippen LogP contribution in [0.3, 0.4) is 0 Å². The third-order valence-electron chi connectivity index (χ3n) is 3.09. The number of phenolic OH excluding ortho intramolecular Hbond substituents is 1. The summed E-state index contributed by atoms with van der Waals surface area (Å²) in [5.41, 5.74) is 1.26. The largest absolute Gasteiger partial charge is 0.508 e. The Balaban J connectivity index is 2.54. The normalized spacial score (nSPS) is 15.2. The number of rotatable bonds is 3. The van der Waals surface area contributed by atoms with Crippen LogP contribution < -0.4 is 0 Å². The molecular formula is C12H16N2O2. The molecule has 0 fully saturated rings. The van der Waals surface area contributed by atoms with Gasteiger partial charge in [0.1, 0.15) is 17.2 Å². The molecule has 0 spiro atoms. The Morgan fingerprint density at radius 1 is 1.50 bits per heavy atom. The maximum Gasteiger partial charge on any atom is 0.139 e. The zero-order valence-corrected chi connectivity index (χ0v) is 9.74. The summed E-state index contributed by atoms with van der Waals surface area (Å²) in [7, 11) is 1.67. The lowest BCUT2D eigenvalue weighted by atomic mass is 10.0. The van der Waals surface area contributed by atoms with Crippen molar-refractivity contribution in [1.82, 2.24) is 9.97 Å². The number of H-pyrrole nitrogens is 1. The van der Waals surface area contributed by atoms with E-state index in [1.165, 1.54) is 0 Å². The van der Waals surface area contributed by atoms with E-state index in [1.807, 2.05) is 13.8 Å². The first kappa shape index (κ1) is 11.0. The average Bonchev–Trinajstić information content (AvgIpc) is 2.71. The number of nitrogens with one attached hydrogen (secondary N) is 1. The Labute approximate surface area is 94.3 Å². The van der Waals surface area contributed by atoms with Gasteiger partial charge < -0.3 is 14.8 Å². The molecule has 16 heavy (non-hydrogen) atoms. The number of fused-ring (bicyclic) bond motifs is 1. The molecule has 0 saturated heterocycles. The summed E-state index contributed by atoms with van der Waals surface area (Å²) in [6, 6.07) is 5.08. The van der Waals surface area contributed by atoms with E-state index in [0.717, 1.165) is 23.3 Å². The summed E-state index contributed by atoms with van der Waals surface area (Å²) in [4.78, 5) is 7.66. The molecule has 0 aliphatic heterocycles. The van der Waals surface area contributed by atoms with Crippen molar-refractivity contribution in [3.8, 4) is 5.75 Å². The maximum absolute atomic E-state index is 9.38. The predicted octanol–water partition coefficient (Wildman–Crippen LogP) is 2.54. The van der Waals surface area contributed by atoms with E-state index in [4.69, 9.17) is 4.74 Å². The molecule has 2 rings (SSSR count). The van der Waals surface area contributed by atoms with Crippen molar-refractivity contribution in [2.45, 2.75) is 25.9 Å². The molecule has 86 valence electrons. The second-order valence-corrected chi connectivity index (χ2v) is 4.08. The fourth-order valence-electron chi connectivity index (χ4n) is 1.66. The molecule has 1 unspecified atom stereocenters. The van der Waals surface area contributed by atoms with Crippen molar-refractivity contribution in [2.75, 3.05) is 7.11 Å². The van der Waals surface area contributed by atoms with Crippen LogP contribution in [0.5, 0.6) is 5.75 Å². The molecule has 1 atom stereocenters. The molecule has 2 aromatic rings. The second-order valence-electron chi connectivity index (χ2n) is 4.08. The molecule has 1 aromatic carbocycles. The van der Waals surface area contributed by atoms with Gasteiger partial charge in [-0.05, 0) is 25.5 Å². The summed E-state index contributed by atoms with van der Waals surface area (Å²) >= 11 is 0. The third-order valence-corrected chi connectivity index (χ3v) is 3.09. The number of ether oxygens (including phenoxy) is 1. The average molecular weight is 220 g/mol. The Morgan fingerprint density at radius 3 is 2.88 bits per heavy atom. The molecule has 2 N–H and O–H groups in total. The van der Waals surface area contributed by atoms with Crippen molar-refractivity contribution in [3.05, 3.63) is 24.0 Å². The van der Waals surface area contributed by atoms with Crippen molar-refractivity contribution in [3.63, 3.8) is 0 Å². The van der Waals surface area contributed by atoms with Gasteiger partial charge in [-0.15, -0.1) is 0 Å². The van der Waals surface area contributed by atoms with Gasteiger partial charge in [-0.25, -0.2) is 4.98 Å². The van der Waals surface area contributed by atoms with Gasteiger partial charge >= 0.3 is 0 Å². The van der Waals surface area contributed by atoms with E-state index >= 15 is 0 Å². The van der Waals surface area contributed by atoms with Crippen LogP contribution in [0.2, 0.25) is 0 Å². The lowest BCUT2D eigenvalue weighted by Gasteiger charge is -2.23. The van der Waals surface area contributed by atoms with E-state index in [1.54, 1.807) is 25.3 Å². The van der Waals surface area contributed by atoms with E-state index in [-0.39, 0.29) is 5.75 Å². The monoisotopic (exact) mass is 220 g/mol. The number of phenols is 1. The van der Waals surface area contributed by atoms with Crippen molar-refractivity contribution in [1.29, 1.82) is 0 Å². The van der Waals surface area contributed by atoms with Gasteiger partial charge in [0.25, 0.3) is 0 Å². The summed E-state index contributed by atoms with van der Waals surface area (Å²) in [5, 5.41) is 9.38. The fraction of sp³-hybridized carbons (Fsp3) is 0.417. The van der Waals surface area contributed by atoms with Gasteiger partial charge in [0.2, 0.25) is 0 Å². The van der Waals surface area contributed by atoms with Gasteiger partial charge in [0.05, 0.1) is 11.0 Å². The highest BCUT2D eigenvalue weighted by molar-refractivity contribution is 5.76. The molecule has 4 nitrogen and oxygen atoms in total. The molecule has 0 aliphatic rings. The van der Waals surface area contributed by atoms with Crippen LogP contribution in [0.4, 0.5) is 0 Å². The van der Waals surface area contributed by atoms with Gasteiger partial charge in [-0.3, -0.25) is 0 Å². The molecule has 0 amide bonds. The summed E-state index contributed by atoms with van der Waals surface area (Å²) in [6.45, 7) is 4.04. The van der Waals surface area contributed by atoms with Crippen LogP contribution in [0.15, 0.2) is 18.2 Å². The van der Waals surface area contributed by atoms with Gasteiger partial charge in [-0.1, -0.05) is 6.92 Å². The Kier molecular flexibility index (Phi) is 2.59. The molecule has 4 heteroatoms. The standard InChI is InChI=1S/C12H16N2O2/c1-4-12(2,16-3)11-13-9-6-5-8(15)7-10(9)14-11/h5-7,15H,4H2,1-3H3,(H,13,14). The number of aromatic amines is 1. The number of aromatic hydroxyl groups is 1. The quantitative estimate of drug-likeness (QED) is 0.835. The Bertz CT molecular complexity index is 501. The number of benzene rings is 1. The minimum absolute atomic E-state index is 0.235. The van der Waals surface area contributed by atoms with Crippen LogP contribution in [-0.2, 0) is 10.3 Å². The molecule has 0 bridgehead atoms. The minimum Gasteiger partial charge on any atom is -0.508 e. The first-order valence-electron chi connectivity index (χ1n) is 5.33. The molecule has 0 aliphatic carbocycles. The summed E-state index contributed by atoms with van der Waals surface area (Å²) in [6.07, 6.45) is 0.829. The topological polar surface area (TPSA) is 58.1 Å². The Hall–Kier alpha value is -1.55. The van der Waals surface area contributed by atoms with Gasteiger partial charge in [0.15, 0.2) is 0 Å². The molecule has 0 radical (unpaired) electrons. The molecular weight excluding hydrogens is 204 g/mol. The molecule has 0 saturated carbocycles. The lowest BCUT2D eigenvalue weighted by molar-refractivity contribution is -0.00803. The van der Waals surface area contributed by atoms with E-state index in [9.17, 15) is 5.11 Å². The smallest absolute Gasteiger partial charge is 0.139 e. The first-order valence-corrected chi connectivity index (χ1v) is 5.33. The van der Waals surface area contributed by atoms with E-state index in [2.05, 4.69) is 9.97 Å². The highest BCUT2D eigenvalue weighted by Gasteiger charge is 2.27. The number of imidazole rings is 1. The zero-order chi connectivity index (χ0) is 11.8. The number of methoxy groups -OCH3 is 1. The zero-order valence-electron chi connectivity index (χ0n) is 9.74. The Morgan fingerprint density at radius 2 is 2.25 bits per heavy atom. The highest BCUT2D eigenvalue weighted by Crippen LogP contribution is 2.28. The van der Waals surface area contributed by atoms with Crippen molar-refractivity contribution >= 4 is 11.0 Å². The van der Waals surface area contributed by atoms with Gasteiger partial charge in [-0.2, -0.15) is 0 Å². The van der Waals surface area contributed by atoms with Crippen molar-refractivity contribution < 1.29 is 9.84 Å². The maximum atomic E-state index is 9.38. The minimum atomic E-state index is -0.408. The highest BCUT2D eigenvalue weighted by atomic mass is 16.5. The summed E-state index contributed by atoms with van der Waals surface area (Å²) in [5.74, 6) is 1.02. The second kappa shape index (κ2) is 3.79. The number of hydrogen-bond acceptors (Lipinski definition) is 3. The number of aromatic nitrogens is 2. The van der Waals surface area contributed by atoms with Gasteiger partial charge in [0, 0.05) is 13.2 Å². The summed E-state index contributed by atoms with van der Waals surface area (Å²) < 4.78 is 5.48.